The van der Waals surface area contributed by atoms with Crippen LogP contribution in [0, 0.1) is 0 Å². The van der Waals surface area contributed by atoms with Gasteiger partial charge in [-0.3, -0.25) is 18.6 Å². The quantitative estimate of drug-likeness (QED) is 0.0265. The first-order valence-electron chi connectivity index (χ1n) is 25.9. The van der Waals surface area contributed by atoms with E-state index in [1.165, 1.54) is 103 Å². The largest absolute Gasteiger partial charge is 0.472 e. The topological polar surface area (TPSA) is 134 Å². The molecule has 0 aliphatic carbocycles. The molecule has 0 fully saturated rings. The molecule has 0 heterocycles. The van der Waals surface area contributed by atoms with Gasteiger partial charge in [0.15, 0.2) is 6.10 Å². The Kier molecular flexibility index (Phi) is 47.9. The van der Waals surface area contributed by atoms with Crippen molar-refractivity contribution in [1.82, 2.24) is 0 Å². The van der Waals surface area contributed by atoms with Crippen molar-refractivity contribution >= 4 is 19.8 Å². The second kappa shape index (κ2) is 49.9. The Morgan fingerprint density at radius 2 is 0.859 bits per heavy atom. The number of phosphoric ester groups is 1. The SMILES string of the molecule is CC/C=C\C/C=C\C/C=C\C/C=C\C/C=C\CCCCCCCCCCCC(=O)OC(COC(=O)CCCCCCCCC/C=C\CCCCCCCCC)COP(=O)(O)OCCN. The molecule has 370 valence electrons. The summed E-state index contributed by atoms with van der Waals surface area (Å²) in [5.41, 5.74) is 5.37. The van der Waals surface area contributed by atoms with Crippen LogP contribution in [0.3, 0.4) is 0 Å². The van der Waals surface area contributed by atoms with Crippen molar-refractivity contribution in [2.24, 2.45) is 5.73 Å². The number of carbonyl (C=O) groups is 2. The van der Waals surface area contributed by atoms with Gasteiger partial charge in [-0.1, -0.05) is 202 Å². The van der Waals surface area contributed by atoms with Gasteiger partial charge in [-0.2, -0.15) is 0 Å². The third-order valence-electron chi connectivity index (χ3n) is 10.8. The molecule has 0 bridgehead atoms. The van der Waals surface area contributed by atoms with E-state index in [2.05, 4.69) is 86.8 Å². The molecule has 0 radical (unpaired) electrons. The highest BCUT2D eigenvalue weighted by atomic mass is 31.2. The van der Waals surface area contributed by atoms with E-state index in [-0.39, 0.29) is 38.6 Å². The normalized spacial score (nSPS) is 13.8. The maximum atomic E-state index is 12.7. The molecular formula is C54H96NO8P. The molecule has 10 heteroatoms. The Hall–Kier alpha value is -2.55. The zero-order valence-electron chi connectivity index (χ0n) is 41.0. The van der Waals surface area contributed by atoms with Crippen LogP contribution in [0.2, 0.25) is 0 Å². The van der Waals surface area contributed by atoms with Crippen molar-refractivity contribution in [2.75, 3.05) is 26.4 Å². The standard InChI is InChI=1S/C54H96NO8P/c1-3-5-7-9-11-13-15-17-19-21-23-24-25-26-27-28-29-31-33-35-37-39-41-43-45-47-54(57)63-52(51-62-64(58,59)61-49-48-55)50-60-53(56)46-44-42-40-38-36-34-32-30-22-20-18-16-14-12-10-8-6-4-2/h5,7,11,13,17,19-20,22-24,26-27,52H,3-4,6,8-10,12,14-16,18,21,25,28-51,55H2,1-2H3,(H,58,59)/b7-5-,13-11-,19-17-,22-20-,24-23-,27-26-. The first-order valence-corrected chi connectivity index (χ1v) is 27.4. The fraction of sp³-hybridized carbons (Fsp3) is 0.741. The molecule has 0 aliphatic heterocycles. The average Bonchev–Trinajstić information content (AvgIpc) is 3.28. The molecule has 0 spiro atoms. The van der Waals surface area contributed by atoms with Crippen molar-refractivity contribution in [1.29, 1.82) is 0 Å². The molecule has 0 aromatic rings. The lowest BCUT2D eigenvalue weighted by atomic mass is 10.1. The van der Waals surface area contributed by atoms with Crippen LogP contribution < -0.4 is 5.73 Å². The second-order valence-corrected chi connectivity index (χ2v) is 18.5. The molecule has 64 heavy (non-hydrogen) atoms. The second-order valence-electron chi connectivity index (χ2n) is 17.0. The van der Waals surface area contributed by atoms with Crippen LogP contribution in [0.25, 0.3) is 0 Å². The highest BCUT2D eigenvalue weighted by Crippen LogP contribution is 2.43. The molecule has 0 aromatic carbocycles. The molecule has 0 saturated carbocycles. The van der Waals surface area contributed by atoms with E-state index in [1.807, 2.05) is 0 Å². The van der Waals surface area contributed by atoms with E-state index >= 15 is 0 Å². The average molecular weight is 918 g/mol. The van der Waals surface area contributed by atoms with E-state index in [9.17, 15) is 19.0 Å². The van der Waals surface area contributed by atoms with Crippen LogP contribution in [0.5, 0.6) is 0 Å². The summed E-state index contributed by atoms with van der Waals surface area (Å²) in [6, 6.07) is 0. The fourth-order valence-electron chi connectivity index (χ4n) is 7.01. The van der Waals surface area contributed by atoms with Gasteiger partial charge >= 0.3 is 19.8 Å². The van der Waals surface area contributed by atoms with Crippen LogP contribution in [0.4, 0.5) is 0 Å². The monoisotopic (exact) mass is 918 g/mol. The highest BCUT2D eigenvalue weighted by molar-refractivity contribution is 7.47. The predicted molar refractivity (Wildman–Crippen MR) is 270 cm³/mol. The first-order chi connectivity index (χ1) is 31.3. The number of esters is 2. The molecule has 3 N–H and O–H groups in total. The van der Waals surface area contributed by atoms with E-state index in [0.29, 0.717) is 6.42 Å². The summed E-state index contributed by atoms with van der Waals surface area (Å²) >= 11 is 0. The predicted octanol–water partition coefficient (Wildman–Crippen LogP) is 15.8. The van der Waals surface area contributed by atoms with Crippen LogP contribution >= 0.6 is 7.82 Å². The zero-order valence-corrected chi connectivity index (χ0v) is 41.9. The summed E-state index contributed by atoms with van der Waals surface area (Å²) in [7, 11) is -4.39. The molecule has 0 aromatic heterocycles. The minimum absolute atomic E-state index is 0.0490. The number of allylic oxidation sites excluding steroid dienone is 12. The number of hydrogen-bond donors (Lipinski definition) is 2. The third kappa shape index (κ3) is 48.9. The summed E-state index contributed by atoms with van der Waals surface area (Å²) in [5, 5.41) is 0. The lowest BCUT2D eigenvalue weighted by molar-refractivity contribution is -0.161. The summed E-state index contributed by atoms with van der Waals surface area (Å²) in [6.45, 7) is 3.62. The van der Waals surface area contributed by atoms with Crippen LogP contribution in [-0.2, 0) is 32.7 Å². The minimum Gasteiger partial charge on any atom is -0.462 e. The Labute approximate surface area is 392 Å². The van der Waals surface area contributed by atoms with Crippen LogP contribution in [-0.4, -0.2) is 49.3 Å². The van der Waals surface area contributed by atoms with Crippen molar-refractivity contribution in [2.45, 2.75) is 232 Å². The van der Waals surface area contributed by atoms with E-state index in [1.54, 1.807) is 0 Å². The third-order valence-corrected chi connectivity index (χ3v) is 11.8. The van der Waals surface area contributed by atoms with Crippen molar-refractivity contribution < 1.29 is 37.6 Å². The van der Waals surface area contributed by atoms with Gasteiger partial charge in [-0.15, -0.1) is 0 Å². The Balaban J connectivity index is 4.07. The van der Waals surface area contributed by atoms with E-state index in [4.69, 9.17) is 24.3 Å². The lowest BCUT2D eigenvalue weighted by Gasteiger charge is -2.19. The maximum absolute atomic E-state index is 12.7. The van der Waals surface area contributed by atoms with E-state index in [0.717, 1.165) is 89.9 Å². The van der Waals surface area contributed by atoms with Crippen molar-refractivity contribution in [3.05, 3.63) is 72.9 Å². The zero-order chi connectivity index (χ0) is 46.7. The number of hydrogen-bond acceptors (Lipinski definition) is 8. The molecule has 2 atom stereocenters. The highest BCUT2D eigenvalue weighted by Gasteiger charge is 2.26. The maximum Gasteiger partial charge on any atom is 0.472 e. The number of unbranched alkanes of at least 4 members (excludes halogenated alkanes) is 23. The van der Waals surface area contributed by atoms with E-state index < -0.39 is 26.5 Å². The molecule has 0 amide bonds. The summed E-state index contributed by atoms with van der Waals surface area (Å²) in [4.78, 5) is 35.1. The summed E-state index contributed by atoms with van der Waals surface area (Å²) in [6.07, 6.45) is 62.2. The van der Waals surface area contributed by atoms with Crippen LogP contribution in [0.1, 0.15) is 226 Å². The Bertz CT molecular complexity index is 1280. The molecule has 2 unspecified atom stereocenters. The molecule has 9 nitrogen and oxygen atoms in total. The van der Waals surface area contributed by atoms with Crippen molar-refractivity contribution in [3.8, 4) is 0 Å². The van der Waals surface area contributed by atoms with Gasteiger partial charge in [0, 0.05) is 19.4 Å². The number of phosphoric acid groups is 1. The molecule has 0 rings (SSSR count). The molecule has 0 saturated heterocycles. The minimum atomic E-state index is -4.39. The van der Waals surface area contributed by atoms with Gasteiger partial charge in [0.05, 0.1) is 13.2 Å². The number of carbonyl (C=O) groups excluding carboxylic acids is 2. The van der Waals surface area contributed by atoms with Gasteiger partial charge in [0.2, 0.25) is 0 Å². The first kappa shape index (κ1) is 61.5. The summed E-state index contributed by atoms with van der Waals surface area (Å²) < 4.78 is 32.9. The van der Waals surface area contributed by atoms with Crippen LogP contribution in [0.15, 0.2) is 72.9 Å². The van der Waals surface area contributed by atoms with Gasteiger partial charge in [0.1, 0.15) is 6.61 Å². The number of ether oxygens (including phenoxy) is 2. The summed E-state index contributed by atoms with van der Waals surface area (Å²) in [5.74, 6) is -0.839. The van der Waals surface area contributed by atoms with Gasteiger partial charge in [-0.25, -0.2) is 4.57 Å². The smallest absolute Gasteiger partial charge is 0.462 e. The molecular weight excluding hydrogens is 822 g/mol. The van der Waals surface area contributed by atoms with Gasteiger partial charge in [-0.05, 0) is 83.5 Å². The van der Waals surface area contributed by atoms with Gasteiger partial charge < -0.3 is 20.1 Å². The Morgan fingerprint density at radius 3 is 1.30 bits per heavy atom. The number of rotatable bonds is 48. The number of nitrogens with two attached hydrogens (primary N) is 1. The molecule has 0 aliphatic rings. The van der Waals surface area contributed by atoms with Gasteiger partial charge in [0.25, 0.3) is 0 Å². The lowest BCUT2D eigenvalue weighted by Crippen LogP contribution is -2.29. The Morgan fingerprint density at radius 1 is 0.484 bits per heavy atom. The fourth-order valence-corrected chi connectivity index (χ4v) is 7.77. The van der Waals surface area contributed by atoms with Crippen molar-refractivity contribution in [3.63, 3.8) is 0 Å².